The van der Waals surface area contributed by atoms with Gasteiger partial charge in [-0.1, -0.05) is 20.8 Å². The monoisotopic (exact) mass is 351 g/mol. The van der Waals surface area contributed by atoms with Crippen LogP contribution in [0.15, 0.2) is 14.4 Å². The molecule has 0 radical (unpaired) electrons. The first-order valence-electron chi connectivity index (χ1n) is 7.15. The summed E-state index contributed by atoms with van der Waals surface area (Å²) >= 11 is 0. The third-order valence-corrected chi connectivity index (χ3v) is 3.65. The molecule has 138 valence electrons. The summed E-state index contributed by atoms with van der Waals surface area (Å²) in [5.41, 5.74) is -5.23. The molecule has 1 aromatic heterocycles. The smallest absolute Gasteiger partial charge is 0.345 e. The molecule has 1 rings (SSSR count). The van der Waals surface area contributed by atoms with Gasteiger partial charge < -0.3 is 30.6 Å². The lowest BCUT2D eigenvalue weighted by Crippen LogP contribution is -2.67. The van der Waals surface area contributed by atoms with Crippen molar-refractivity contribution in [3.8, 4) is 0 Å². The second-order valence-electron chi connectivity index (χ2n) is 5.24. The van der Waals surface area contributed by atoms with Crippen LogP contribution in [-0.4, -0.2) is 44.3 Å². The van der Waals surface area contributed by atoms with E-state index in [1.54, 1.807) is 0 Å². The highest BCUT2D eigenvalue weighted by molar-refractivity contribution is 4.87. The first-order valence-corrected chi connectivity index (χ1v) is 7.15. The largest absolute Gasteiger partial charge is 0.348 e. The number of hydrogen-bond acceptors (Lipinski definition) is 9. The van der Waals surface area contributed by atoms with E-state index in [0.717, 1.165) is 0 Å². The second kappa shape index (κ2) is 6.23. The molecule has 6 N–H and O–H groups in total. The van der Waals surface area contributed by atoms with Crippen LogP contribution in [0.25, 0.3) is 0 Å². The summed E-state index contributed by atoms with van der Waals surface area (Å²) in [5.74, 6) is -9.34. The summed E-state index contributed by atoms with van der Waals surface area (Å²) in [4.78, 5) is 36.9. The highest BCUT2D eigenvalue weighted by Crippen LogP contribution is 2.13. The Morgan fingerprint density at radius 3 is 0.875 bits per heavy atom. The van der Waals surface area contributed by atoms with Crippen LogP contribution in [-0.2, 0) is 17.7 Å². The third-order valence-electron chi connectivity index (χ3n) is 3.65. The molecule has 0 bridgehead atoms. The zero-order valence-electron chi connectivity index (χ0n) is 13.4. The molecule has 0 aromatic carbocycles. The minimum Gasteiger partial charge on any atom is -0.348 e. The Morgan fingerprint density at radius 1 is 0.583 bits per heavy atom. The Morgan fingerprint density at radius 2 is 0.750 bits per heavy atom. The van der Waals surface area contributed by atoms with Crippen LogP contribution in [0.4, 0.5) is 0 Å². The molecule has 0 aliphatic carbocycles. The molecule has 0 saturated carbocycles. The van der Waals surface area contributed by atoms with E-state index in [2.05, 4.69) is 0 Å². The molecule has 1 heterocycles. The molecule has 0 saturated heterocycles. The molecule has 0 atom stereocenters. The number of rotatable bonds is 6. The van der Waals surface area contributed by atoms with Crippen LogP contribution >= 0.6 is 0 Å². The highest BCUT2D eigenvalue weighted by atomic mass is 16.5. The standard InChI is InChI=1S/C12H21N3O9/c1-4-10(19,20)13-7(16)14(11(21,22)5-2)9(18)15(8(13)17)12(23,24)6-3/h19-24H,4-6H2,1-3H3. The SMILES string of the molecule is CCC(O)(O)n1c(=O)n(C(O)(O)CC)c(=O)n(C(O)(O)CC)c1=O. The summed E-state index contributed by atoms with van der Waals surface area (Å²) in [7, 11) is 0. The Hall–Kier alpha value is -1.83. The topological polar surface area (TPSA) is 187 Å². The van der Waals surface area contributed by atoms with Gasteiger partial charge in [0, 0.05) is 19.3 Å². The predicted molar refractivity (Wildman–Crippen MR) is 77.3 cm³/mol. The van der Waals surface area contributed by atoms with Gasteiger partial charge in [0.1, 0.15) is 0 Å². The van der Waals surface area contributed by atoms with Crippen molar-refractivity contribution in [1.82, 2.24) is 13.7 Å². The fourth-order valence-corrected chi connectivity index (χ4v) is 1.94. The first-order chi connectivity index (χ1) is 10.8. The van der Waals surface area contributed by atoms with Gasteiger partial charge in [-0.05, 0) is 0 Å². The maximum Gasteiger partial charge on any atom is 0.345 e. The van der Waals surface area contributed by atoms with E-state index in [9.17, 15) is 45.0 Å². The number of nitrogens with zero attached hydrogens (tertiary/aromatic N) is 3. The van der Waals surface area contributed by atoms with Gasteiger partial charge in [-0.15, -0.1) is 0 Å². The van der Waals surface area contributed by atoms with Crippen LogP contribution in [0.5, 0.6) is 0 Å². The molecular weight excluding hydrogens is 330 g/mol. The molecule has 0 aliphatic heterocycles. The number of hydrogen-bond donors (Lipinski definition) is 6. The van der Waals surface area contributed by atoms with Crippen LogP contribution in [0, 0.1) is 0 Å². The van der Waals surface area contributed by atoms with Crippen LogP contribution < -0.4 is 17.1 Å². The minimum absolute atomic E-state index is 0.276. The highest BCUT2D eigenvalue weighted by Gasteiger charge is 2.40. The van der Waals surface area contributed by atoms with Gasteiger partial charge >= 0.3 is 17.1 Å². The fourth-order valence-electron chi connectivity index (χ4n) is 1.94. The van der Waals surface area contributed by atoms with Crippen LogP contribution in [0.3, 0.4) is 0 Å². The summed E-state index contributed by atoms with van der Waals surface area (Å²) in [5, 5.41) is 59.0. The molecule has 0 aliphatic rings. The molecule has 1 aromatic rings. The lowest BCUT2D eigenvalue weighted by Gasteiger charge is -2.30. The summed E-state index contributed by atoms with van der Waals surface area (Å²) < 4.78 is -0.827. The molecule has 0 amide bonds. The molecule has 12 nitrogen and oxygen atoms in total. The zero-order valence-corrected chi connectivity index (χ0v) is 13.4. The van der Waals surface area contributed by atoms with E-state index in [-0.39, 0.29) is 13.7 Å². The molecule has 0 spiro atoms. The van der Waals surface area contributed by atoms with Crippen LogP contribution in [0.2, 0.25) is 0 Å². The third kappa shape index (κ3) is 3.07. The van der Waals surface area contributed by atoms with Gasteiger partial charge in [-0.2, -0.15) is 13.7 Å². The van der Waals surface area contributed by atoms with Gasteiger partial charge in [0.05, 0.1) is 0 Å². The lowest BCUT2D eigenvalue weighted by atomic mass is 10.3. The van der Waals surface area contributed by atoms with Crippen LogP contribution in [0.1, 0.15) is 40.0 Å². The van der Waals surface area contributed by atoms with Crippen molar-refractivity contribution in [2.75, 3.05) is 0 Å². The van der Waals surface area contributed by atoms with Crippen molar-refractivity contribution in [3.05, 3.63) is 31.5 Å². The zero-order chi connectivity index (χ0) is 19.1. The molecular formula is C12H21N3O9. The van der Waals surface area contributed by atoms with E-state index in [1.165, 1.54) is 20.8 Å². The fraction of sp³-hybridized carbons (Fsp3) is 0.750. The summed E-state index contributed by atoms with van der Waals surface area (Å²) in [6, 6.07) is 0. The Bertz CT molecular complexity index is 649. The maximum atomic E-state index is 12.3. The van der Waals surface area contributed by atoms with Crippen molar-refractivity contribution in [1.29, 1.82) is 0 Å². The quantitative estimate of drug-likeness (QED) is 0.279. The maximum absolute atomic E-state index is 12.3. The summed E-state index contributed by atoms with van der Waals surface area (Å²) in [6.07, 6.45) is -1.81. The average Bonchev–Trinajstić information content (AvgIpc) is 2.46. The van der Waals surface area contributed by atoms with Crippen molar-refractivity contribution in [2.45, 2.75) is 57.8 Å². The number of aromatic nitrogens is 3. The predicted octanol–water partition coefficient (Wildman–Crippen LogP) is -3.81. The van der Waals surface area contributed by atoms with Crippen molar-refractivity contribution >= 4 is 0 Å². The average molecular weight is 351 g/mol. The number of aliphatic hydroxyl groups is 6. The van der Waals surface area contributed by atoms with Gasteiger partial charge in [0.2, 0.25) is 0 Å². The van der Waals surface area contributed by atoms with Crippen molar-refractivity contribution in [2.24, 2.45) is 0 Å². The molecule has 24 heavy (non-hydrogen) atoms. The van der Waals surface area contributed by atoms with E-state index < -0.39 is 54.1 Å². The van der Waals surface area contributed by atoms with E-state index in [0.29, 0.717) is 0 Å². The lowest BCUT2D eigenvalue weighted by molar-refractivity contribution is -0.268. The van der Waals surface area contributed by atoms with Crippen molar-refractivity contribution in [3.63, 3.8) is 0 Å². The summed E-state index contributed by atoms with van der Waals surface area (Å²) in [6.45, 7) is 3.55. The Labute approximate surface area is 134 Å². The van der Waals surface area contributed by atoms with Crippen molar-refractivity contribution < 1.29 is 30.6 Å². The minimum atomic E-state index is -3.11. The van der Waals surface area contributed by atoms with E-state index in [1.807, 2.05) is 0 Å². The normalized spacial score (nSPS) is 13.4. The van der Waals surface area contributed by atoms with E-state index >= 15 is 0 Å². The van der Waals surface area contributed by atoms with Gasteiger partial charge in [-0.25, -0.2) is 14.4 Å². The Balaban J connectivity index is 4.22. The molecule has 12 heteroatoms. The van der Waals surface area contributed by atoms with Gasteiger partial charge in [-0.3, -0.25) is 0 Å². The molecule has 0 unspecified atom stereocenters. The first kappa shape index (κ1) is 20.2. The van der Waals surface area contributed by atoms with E-state index in [4.69, 9.17) is 0 Å². The Kier molecular flexibility index (Phi) is 5.25. The molecule has 0 fully saturated rings. The van der Waals surface area contributed by atoms with Gasteiger partial charge in [0.25, 0.3) is 17.7 Å². The second-order valence-corrected chi connectivity index (χ2v) is 5.24. The van der Waals surface area contributed by atoms with Gasteiger partial charge in [0.15, 0.2) is 0 Å².